The number of rotatable bonds is 6. The number of methoxy groups -OCH3 is 1. The lowest BCUT2D eigenvalue weighted by atomic mass is 9.94. The maximum absolute atomic E-state index is 5.36. The van der Waals surface area contributed by atoms with Crippen LogP contribution in [0, 0.1) is 5.92 Å². The molecule has 0 spiro atoms. The molecule has 0 aromatic heterocycles. The molecule has 5 heteroatoms. The molecule has 1 aromatic rings. The molecule has 2 aliphatic rings. The van der Waals surface area contributed by atoms with Crippen molar-refractivity contribution < 1.29 is 4.74 Å². The van der Waals surface area contributed by atoms with Crippen LogP contribution in [0.5, 0.6) is 5.75 Å². The molecule has 2 heterocycles. The number of ether oxygens (including phenoxy) is 1. The van der Waals surface area contributed by atoms with E-state index in [1.807, 2.05) is 6.07 Å². The fraction of sp³-hybridized carbons (Fsp3) is 0.667. The Morgan fingerprint density at radius 1 is 1.39 bits per heavy atom. The Kier molecular flexibility index (Phi) is 5.89. The van der Waals surface area contributed by atoms with Crippen LogP contribution in [0.15, 0.2) is 24.3 Å². The summed E-state index contributed by atoms with van der Waals surface area (Å²) < 4.78 is 5.36. The van der Waals surface area contributed by atoms with E-state index in [2.05, 4.69) is 46.2 Å². The molecule has 0 radical (unpaired) electrons. The van der Waals surface area contributed by atoms with Crippen LogP contribution in [0.1, 0.15) is 31.4 Å². The highest BCUT2D eigenvalue weighted by molar-refractivity contribution is 5.31. The van der Waals surface area contributed by atoms with Crippen molar-refractivity contribution in [1.29, 1.82) is 0 Å². The Balaban J connectivity index is 1.56. The van der Waals surface area contributed by atoms with Gasteiger partial charge >= 0.3 is 0 Å². The molecule has 3 atom stereocenters. The molecule has 23 heavy (non-hydrogen) atoms. The fourth-order valence-corrected chi connectivity index (χ4v) is 3.74. The van der Waals surface area contributed by atoms with E-state index in [4.69, 9.17) is 4.74 Å². The van der Waals surface area contributed by atoms with Crippen LogP contribution < -0.4 is 20.9 Å². The molecule has 0 bridgehead atoms. The zero-order chi connectivity index (χ0) is 16.1. The van der Waals surface area contributed by atoms with E-state index in [1.165, 1.54) is 31.5 Å². The fourth-order valence-electron chi connectivity index (χ4n) is 3.74. The quantitative estimate of drug-likeness (QED) is 0.743. The number of hydrazine groups is 1. The topological polar surface area (TPSA) is 48.6 Å². The average Bonchev–Trinajstić information content (AvgIpc) is 3.09. The van der Waals surface area contributed by atoms with Gasteiger partial charge in [-0.15, -0.1) is 0 Å². The molecule has 3 rings (SSSR count). The molecule has 5 nitrogen and oxygen atoms in total. The Hall–Kier alpha value is -1.14. The minimum atomic E-state index is 0.337. The lowest BCUT2D eigenvalue weighted by Gasteiger charge is -2.33. The summed E-state index contributed by atoms with van der Waals surface area (Å²) in [6.45, 7) is 7.91. The molecule has 3 N–H and O–H groups in total. The van der Waals surface area contributed by atoms with Gasteiger partial charge in [0.15, 0.2) is 0 Å². The van der Waals surface area contributed by atoms with E-state index in [9.17, 15) is 0 Å². The summed E-state index contributed by atoms with van der Waals surface area (Å²) >= 11 is 0. The number of nitrogens with one attached hydrogen (secondary N) is 3. The summed E-state index contributed by atoms with van der Waals surface area (Å²) in [6, 6.07) is 9.36. The third-order valence-electron chi connectivity index (χ3n) is 5.17. The molecule has 2 saturated heterocycles. The number of benzene rings is 1. The van der Waals surface area contributed by atoms with Crippen molar-refractivity contribution >= 4 is 0 Å². The highest BCUT2D eigenvalue weighted by Crippen LogP contribution is 2.27. The standard InChI is InChI=1S/C18H30N4O/c1-3-22-9-5-7-16(13-22)19-11-15-12-20-21-18(15)14-6-4-8-17(10-14)23-2/h4,6,8,10,15-16,18-21H,3,5,7,9,11-13H2,1-2H3. The zero-order valence-electron chi connectivity index (χ0n) is 14.3. The third kappa shape index (κ3) is 4.23. The average molecular weight is 318 g/mol. The molecular formula is C18H30N4O. The molecule has 2 fully saturated rings. The molecule has 3 unspecified atom stereocenters. The second-order valence-electron chi connectivity index (χ2n) is 6.68. The first-order valence-corrected chi connectivity index (χ1v) is 8.88. The second-order valence-corrected chi connectivity index (χ2v) is 6.68. The van der Waals surface area contributed by atoms with Gasteiger partial charge in [0.2, 0.25) is 0 Å². The Labute approximate surface area is 139 Å². The molecule has 0 aliphatic carbocycles. The van der Waals surface area contributed by atoms with E-state index in [1.54, 1.807) is 7.11 Å². The first kappa shape index (κ1) is 16.7. The third-order valence-corrected chi connectivity index (χ3v) is 5.17. The minimum absolute atomic E-state index is 0.337. The van der Waals surface area contributed by atoms with Gasteiger partial charge in [0, 0.05) is 31.6 Å². The van der Waals surface area contributed by atoms with Crippen LogP contribution in [0.4, 0.5) is 0 Å². The van der Waals surface area contributed by atoms with E-state index in [-0.39, 0.29) is 0 Å². The predicted molar refractivity (Wildman–Crippen MR) is 93.5 cm³/mol. The van der Waals surface area contributed by atoms with Gasteiger partial charge in [0.05, 0.1) is 13.2 Å². The number of likely N-dealkylation sites (N-methyl/N-ethyl adjacent to an activating group) is 1. The van der Waals surface area contributed by atoms with Crippen LogP contribution in [0.25, 0.3) is 0 Å². The van der Waals surface area contributed by atoms with Gasteiger partial charge in [-0.2, -0.15) is 0 Å². The van der Waals surface area contributed by atoms with Gasteiger partial charge in [0.25, 0.3) is 0 Å². The normalized spacial score (nSPS) is 28.9. The predicted octanol–water partition coefficient (Wildman–Crippen LogP) is 1.53. The first-order chi connectivity index (χ1) is 11.3. The van der Waals surface area contributed by atoms with Crippen molar-refractivity contribution in [2.75, 3.05) is 39.8 Å². The molecule has 0 saturated carbocycles. The summed E-state index contributed by atoms with van der Waals surface area (Å²) in [5, 5.41) is 3.80. The summed E-state index contributed by atoms with van der Waals surface area (Å²) in [7, 11) is 1.72. The van der Waals surface area contributed by atoms with E-state index in [0.29, 0.717) is 18.0 Å². The number of hydrogen-bond donors (Lipinski definition) is 3. The minimum Gasteiger partial charge on any atom is -0.497 e. The van der Waals surface area contributed by atoms with Gasteiger partial charge in [-0.25, -0.2) is 5.43 Å². The Morgan fingerprint density at radius 2 is 2.30 bits per heavy atom. The number of piperidine rings is 1. The summed E-state index contributed by atoms with van der Waals surface area (Å²) in [4.78, 5) is 2.55. The SMILES string of the molecule is CCN1CCCC(NCC2CNNC2c2cccc(OC)c2)C1. The molecular weight excluding hydrogens is 288 g/mol. The molecule has 1 aromatic carbocycles. The number of hydrogen-bond acceptors (Lipinski definition) is 5. The van der Waals surface area contributed by atoms with Gasteiger partial charge in [-0.05, 0) is 43.6 Å². The summed E-state index contributed by atoms with van der Waals surface area (Å²) in [6.07, 6.45) is 2.61. The lowest BCUT2D eigenvalue weighted by Crippen LogP contribution is -2.47. The van der Waals surface area contributed by atoms with Crippen molar-refractivity contribution in [3.63, 3.8) is 0 Å². The van der Waals surface area contributed by atoms with Gasteiger partial charge < -0.3 is 15.0 Å². The number of likely N-dealkylation sites (tertiary alicyclic amines) is 1. The second kappa shape index (κ2) is 8.11. The van der Waals surface area contributed by atoms with Gasteiger partial charge in [-0.3, -0.25) is 5.43 Å². The maximum atomic E-state index is 5.36. The molecule has 128 valence electrons. The monoisotopic (exact) mass is 318 g/mol. The largest absolute Gasteiger partial charge is 0.497 e. The maximum Gasteiger partial charge on any atom is 0.119 e. The molecule has 0 amide bonds. The first-order valence-electron chi connectivity index (χ1n) is 8.88. The van der Waals surface area contributed by atoms with Crippen LogP contribution >= 0.6 is 0 Å². The highest BCUT2D eigenvalue weighted by Gasteiger charge is 2.29. The van der Waals surface area contributed by atoms with Crippen molar-refractivity contribution in [3.05, 3.63) is 29.8 Å². The van der Waals surface area contributed by atoms with Crippen LogP contribution in [0.2, 0.25) is 0 Å². The Morgan fingerprint density at radius 3 is 3.13 bits per heavy atom. The van der Waals surface area contributed by atoms with Crippen molar-refractivity contribution in [2.24, 2.45) is 5.92 Å². The lowest BCUT2D eigenvalue weighted by molar-refractivity contribution is 0.194. The number of nitrogens with zero attached hydrogens (tertiary/aromatic N) is 1. The van der Waals surface area contributed by atoms with E-state index < -0.39 is 0 Å². The van der Waals surface area contributed by atoms with Crippen LogP contribution in [0.3, 0.4) is 0 Å². The summed E-state index contributed by atoms with van der Waals surface area (Å²) in [5.74, 6) is 1.48. The molecule has 2 aliphatic heterocycles. The van der Waals surface area contributed by atoms with Crippen LogP contribution in [-0.4, -0.2) is 50.8 Å². The zero-order valence-corrected chi connectivity index (χ0v) is 14.3. The van der Waals surface area contributed by atoms with Crippen molar-refractivity contribution in [2.45, 2.75) is 31.8 Å². The van der Waals surface area contributed by atoms with E-state index >= 15 is 0 Å². The van der Waals surface area contributed by atoms with Crippen LogP contribution in [-0.2, 0) is 0 Å². The Bertz CT molecular complexity index is 496. The summed E-state index contributed by atoms with van der Waals surface area (Å²) in [5.41, 5.74) is 8.04. The van der Waals surface area contributed by atoms with Crippen molar-refractivity contribution in [1.82, 2.24) is 21.1 Å². The van der Waals surface area contributed by atoms with Crippen molar-refractivity contribution in [3.8, 4) is 5.75 Å². The van der Waals surface area contributed by atoms with Gasteiger partial charge in [-0.1, -0.05) is 19.1 Å². The highest BCUT2D eigenvalue weighted by atomic mass is 16.5. The van der Waals surface area contributed by atoms with E-state index in [0.717, 1.165) is 25.4 Å². The smallest absolute Gasteiger partial charge is 0.119 e. The van der Waals surface area contributed by atoms with Gasteiger partial charge in [0.1, 0.15) is 5.75 Å².